The number of aromatic nitrogens is 1. The molecule has 112 valence electrons. The molecule has 3 nitrogen and oxygen atoms in total. The lowest BCUT2D eigenvalue weighted by Gasteiger charge is -2.13. The SMILES string of the molecule is CCCNCc1cc(Br)cnc1Oc1cccc(C)c1C. The summed E-state index contributed by atoms with van der Waals surface area (Å²) >= 11 is 3.47. The molecule has 0 aliphatic carbocycles. The summed E-state index contributed by atoms with van der Waals surface area (Å²) in [4.78, 5) is 4.41. The van der Waals surface area contributed by atoms with Gasteiger partial charge in [0.05, 0.1) is 0 Å². The van der Waals surface area contributed by atoms with E-state index in [0.717, 1.165) is 40.9 Å². The van der Waals surface area contributed by atoms with E-state index in [2.05, 4.69) is 59.1 Å². The largest absolute Gasteiger partial charge is 0.438 e. The Balaban J connectivity index is 2.24. The van der Waals surface area contributed by atoms with Gasteiger partial charge in [-0.15, -0.1) is 0 Å². The first-order valence-electron chi connectivity index (χ1n) is 7.21. The smallest absolute Gasteiger partial charge is 0.223 e. The molecule has 0 atom stereocenters. The molecule has 0 aliphatic rings. The zero-order valence-electron chi connectivity index (χ0n) is 12.7. The minimum absolute atomic E-state index is 0.663. The molecule has 0 fully saturated rings. The van der Waals surface area contributed by atoms with Crippen molar-refractivity contribution < 1.29 is 4.74 Å². The highest BCUT2D eigenvalue weighted by molar-refractivity contribution is 9.10. The minimum atomic E-state index is 0.663. The number of nitrogens with one attached hydrogen (secondary N) is 1. The van der Waals surface area contributed by atoms with Crippen LogP contribution in [0.1, 0.15) is 30.0 Å². The van der Waals surface area contributed by atoms with Gasteiger partial charge in [0, 0.05) is 22.8 Å². The van der Waals surface area contributed by atoms with Crippen molar-refractivity contribution >= 4 is 15.9 Å². The molecular formula is C17H21BrN2O. The van der Waals surface area contributed by atoms with E-state index in [1.807, 2.05) is 12.1 Å². The number of aryl methyl sites for hydroxylation is 1. The third kappa shape index (κ3) is 4.29. The van der Waals surface area contributed by atoms with Gasteiger partial charge in [0.2, 0.25) is 5.88 Å². The van der Waals surface area contributed by atoms with Crippen LogP contribution in [0, 0.1) is 13.8 Å². The molecule has 4 heteroatoms. The molecule has 1 aromatic carbocycles. The Kier molecular flexibility index (Phi) is 5.76. The Bertz CT molecular complexity index is 614. The fourth-order valence-corrected chi connectivity index (χ4v) is 2.40. The number of hydrogen-bond donors (Lipinski definition) is 1. The maximum Gasteiger partial charge on any atom is 0.223 e. The van der Waals surface area contributed by atoms with Crippen LogP contribution < -0.4 is 10.1 Å². The molecule has 21 heavy (non-hydrogen) atoms. The summed E-state index contributed by atoms with van der Waals surface area (Å²) < 4.78 is 7.00. The molecule has 1 heterocycles. The molecule has 2 rings (SSSR count). The Morgan fingerprint density at radius 3 is 2.86 bits per heavy atom. The number of ether oxygens (including phenoxy) is 1. The van der Waals surface area contributed by atoms with Crippen molar-refractivity contribution in [2.75, 3.05) is 6.54 Å². The predicted molar refractivity (Wildman–Crippen MR) is 89.9 cm³/mol. The number of rotatable bonds is 6. The molecule has 0 unspecified atom stereocenters. The van der Waals surface area contributed by atoms with Crippen LogP contribution in [0.3, 0.4) is 0 Å². The second-order valence-electron chi connectivity index (χ2n) is 5.09. The van der Waals surface area contributed by atoms with E-state index in [1.165, 1.54) is 5.56 Å². The summed E-state index contributed by atoms with van der Waals surface area (Å²) in [5.74, 6) is 1.53. The molecule has 0 spiro atoms. The van der Waals surface area contributed by atoms with Gasteiger partial charge in [-0.2, -0.15) is 0 Å². The number of halogens is 1. The number of hydrogen-bond acceptors (Lipinski definition) is 3. The van der Waals surface area contributed by atoms with Crippen molar-refractivity contribution in [1.82, 2.24) is 10.3 Å². The first-order valence-corrected chi connectivity index (χ1v) is 8.00. The van der Waals surface area contributed by atoms with Crippen LogP contribution in [-0.2, 0) is 6.54 Å². The maximum absolute atomic E-state index is 6.03. The third-order valence-electron chi connectivity index (χ3n) is 3.40. The number of benzene rings is 1. The zero-order chi connectivity index (χ0) is 15.2. The fourth-order valence-electron chi connectivity index (χ4n) is 2.03. The Morgan fingerprint density at radius 1 is 1.29 bits per heavy atom. The summed E-state index contributed by atoms with van der Waals surface area (Å²) in [6.45, 7) is 8.04. The van der Waals surface area contributed by atoms with Crippen LogP contribution in [0.5, 0.6) is 11.6 Å². The van der Waals surface area contributed by atoms with Gasteiger partial charge in [0.15, 0.2) is 0 Å². The van der Waals surface area contributed by atoms with Crippen LogP contribution in [0.2, 0.25) is 0 Å². The van der Waals surface area contributed by atoms with E-state index in [0.29, 0.717) is 5.88 Å². The molecule has 0 amide bonds. The van der Waals surface area contributed by atoms with Gasteiger partial charge in [-0.25, -0.2) is 4.98 Å². The molecule has 0 saturated heterocycles. The summed E-state index contributed by atoms with van der Waals surface area (Å²) in [5, 5.41) is 3.39. The summed E-state index contributed by atoms with van der Waals surface area (Å²) in [6.07, 6.45) is 2.87. The van der Waals surface area contributed by atoms with E-state index in [-0.39, 0.29) is 0 Å². The van der Waals surface area contributed by atoms with Crippen molar-refractivity contribution in [2.45, 2.75) is 33.7 Å². The number of nitrogens with zero attached hydrogens (tertiary/aromatic N) is 1. The Morgan fingerprint density at radius 2 is 2.10 bits per heavy atom. The second kappa shape index (κ2) is 7.57. The van der Waals surface area contributed by atoms with Crippen LogP contribution in [0.4, 0.5) is 0 Å². The highest BCUT2D eigenvalue weighted by Gasteiger charge is 2.10. The third-order valence-corrected chi connectivity index (χ3v) is 3.83. The standard InChI is InChI=1S/C17H21BrN2O/c1-4-8-19-10-14-9-15(18)11-20-17(14)21-16-7-5-6-12(2)13(16)3/h5-7,9,11,19H,4,8,10H2,1-3H3. The normalized spacial score (nSPS) is 10.7. The van der Waals surface area contributed by atoms with Crippen LogP contribution >= 0.6 is 15.9 Å². The molecular weight excluding hydrogens is 328 g/mol. The molecule has 1 N–H and O–H groups in total. The molecule has 0 bridgehead atoms. The van der Waals surface area contributed by atoms with Gasteiger partial charge in [0.1, 0.15) is 5.75 Å². The second-order valence-corrected chi connectivity index (χ2v) is 6.01. The van der Waals surface area contributed by atoms with E-state index in [1.54, 1.807) is 6.20 Å². The molecule has 0 saturated carbocycles. The predicted octanol–water partition coefficient (Wildman–Crippen LogP) is 4.75. The molecule has 1 aromatic heterocycles. The molecule has 2 aromatic rings. The monoisotopic (exact) mass is 348 g/mol. The lowest BCUT2D eigenvalue weighted by Crippen LogP contribution is -2.14. The number of pyridine rings is 1. The van der Waals surface area contributed by atoms with Crippen molar-refractivity contribution in [3.8, 4) is 11.6 Å². The van der Waals surface area contributed by atoms with E-state index < -0.39 is 0 Å². The molecule has 0 aliphatic heterocycles. The summed E-state index contributed by atoms with van der Waals surface area (Å²) in [6, 6.07) is 8.12. The topological polar surface area (TPSA) is 34.2 Å². The van der Waals surface area contributed by atoms with Gasteiger partial charge < -0.3 is 10.1 Å². The van der Waals surface area contributed by atoms with Gasteiger partial charge in [0.25, 0.3) is 0 Å². The zero-order valence-corrected chi connectivity index (χ0v) is 14.3. The molecule has 0 radical (unpaired) electrons. The van der Waals surface area contributed by atoms with E-state index in [9.17, 15) is 0 Å². The highest BCUT2D eigenvalue weighted by Crippen LogP contribution is 2.29. The van der Waals surface area contributed by atoms with Crippen molar-refractivity contribution in [3.63, 3.8) is 0 Å². The quantitative estimate of drug-likeness (QED) is 0.764. The Labute approximate surface area is 134 Å². The van der Waals surface area contributed by atoms with Crippen molar-refractivity contribution in [1.29, 1.82) is 0 Å². The lowest BCUT2D eigenvalue weighted by molar-refractivity contribution is 0.449. The van der Waals surface area contributed by atoms with E-state index in [4.69, 9.17) is 4.74 Å². The van der Waals surface area contributed by atoms with Crippen LogP contribution in [-0.4, -0.2) is 11.5 Å². The van der Waals surface area contributed by atoms with Gasteiger partial charge in [-0.3, -0.25) is 0 Å². The van der Waals surface area contributed by atoms with Gasteiger partial charge in [-0.1, -0.05) is 19.1 Å². The Hall–Kier alpha value is -1.39. The average molecular weight is 349 g/mol. The van der Waals surface area contributed by atoms with Crippen molar-refractivity contribution in [3.05, 3.63) is 51.6 Å². The fraction of sp³-hybridized carbons (Fsp3) is 0.353. The lowest BCUT2D eigenvalue weighted by atomic mass is 10.1. The maximum atomic E-state index is 6.03. The average Bonchev–Trinajstić information content (AvgIpc) is 2.46. The van der Waals surface area contributed by atoms with E-state index >= 15 is 0 Å². The first-order chi connectivity index (χ1) is 10.1. The van der Waals surface area contributed by atoms with Crippen LogP contribution in [0.15, 0.2) is 34.9 Å². The first kappa shape index (κ1) is 16.0. The highest BCUT2D eigenvalue weighted by atomic mass is 79.9. The van der Waals surface area contributed by atoms with Gasteiger partial charge in [-0.05, 0) is 66.0 Å². The summed E-state index contributed by atoms with van der Waals surface area (Å²) in [7, 11) is 0. The van der Waals surface area contributed by atoms with Gasteiger partial charge >= 0.3 is 0 Å². The van der Waals surface area contributed by atoms with Crippen molar-refractivity contribution in [2.24, 2.45) is 0 Å². The minimum Gasteiger partial charge on any atom is -0.438 e. The van der Waals surface area contributed by atoms with Crippen LogP contribution in [0.25, 0.3) is 0 Å². The summed E-state index contributed by atoms with van der Waals surface area (Å²) in [5.41, 5.74) is 3.42.